The molecule has 1 aliphatic carbocycles. The highest BCUT2D eigenvalue weighted by molar-refractivity contribution is 7.15. The first-order chi connectivity index (χ1) is 18.2. The molecule has 0 saturated carbocycles. The van der Waals surface area contributed by atoms with Crippen LogP contribution in [-0.2, 0) is 19.4 Å². The van der Waals surface area contributed by atoms with Crippen LogP contribution in [0, 0.1) is 0 Å². The van der Waals surface area contributed by atoms with Crippen molar-refractivity contribution in [2.24, 2.45) is 0 Å². The van der Waals surface area contributed by atoms with Gasteiger partial charge in [-0.25, -0.2) is 4.79 Å². The van der Waals surface area contributed by atoms with E-state index >= 15 is 0 Å². The lowest BCUT2D eigenvalue weighted by molar-refractivity contribution is 0.171. The number of hydrogen-bond acceptors (Lipinski definition) is 4. The summed E-state index contributed by atoms with van der Waals surface area (Å²) >= 11 is 8.32. The van der Waals surface area contributed by atoms with Gasteiger partial charge < -0.3 is 24.3 Å². The van der Waals surface area contributed by atoms with Gasteiger partial charge in [0.1, 0.15) is 18.2 Å². The normalized spacial score (nSPS) is 17.9. The molecule has 2 aromatic heterocycles. The number of halogens is 1. The minimum atomic E-state index is -0.301. The second-order valence-corrected chi connectivity index (χ2v) is 11.2. The summed E-state index contributed by atoms with van der Waals surface area (Å²) in [6.07, 6.45) is 6.72. The van der Waals surface area contributed by atoms with E-state index in [1.54, 1.807) is 0 Å². The largest absolute Gasteiger partial charge is 0.486 e. The van der Waals surface area contributed by atoms with E-state index < -0.39 is 0 Å². The lowest BCUT2D eigenvalue weighted by Gasteiger charge is -2.31. The minimum Gasteiger partial charge on any atom is -0.486 e. The van der Waals surface area contributed by atoms with Crippen molar-refractivity contribution in [2.75, 3.05) is 18.5 Å². The number of carbonyl (C=O) groups is 1. The Morgan fingerprint density at radius 1 is 0.973 bits per heavy atom. The number of aromatic nitrogens is 1. The molecule has 0 unspecified atom stereocenters. The number of aryl methyl sites for hydroxylation is 1. The van der Waals surface area contributed by atoms with Crippen LogP contribution < -0.4 is 14.8 Å². The van der Waals surface area contributed by atoms with E-state index in [0.717, 1.165) is 24.1 Å². The van der Waals surface area contributed by atoms with E-state index in [2.05, 4.69) is 28.2 Å². The molecule has 0 spiro atoms. The predicted octanol–water partition coefficient (Wildman–Crippen LogP) is 6.98. The van der Waals surface area contributed by atoms with Crippen LogP contribution in [0.25, 0.3) is 5.00 Å². The van der Waals surface area contributed by atoms with Gasteiger partial charge in [0.05, 0.1) is 18.3 Å². The third kappa shape index (κ3) is 3.97. The minimum absolute atomic E-state index is 0.169. The molecule has 2 amide bonds. The molecule has 0 bridgehead atoms. The second kappa shape index (κ2) is 9.15. The van der Waals surface area contributed by atoms with Gasteiger partial charge >= 0.3 is 6.03 Å². The number of hydrogen-bond donors (Lipinski definition) is 1. The van der Waals surface area contributed by atoms with Crippen molar-refractivity contribution in [2.45, 2.75) is 38.3 Å². The van der Waals surface area contributed by atoms with Crippen molar-refractivity contribution in [3.05, 3.63) is 93.1 Å². The van der Waals surface area contributed by atoms with E-state index in [0.29, 0.717) is 42.0 Å². The Balaban J connectivity index is 1.33. The van der Waals surface area contributed by atoms with Gasteiger partial charge in [-0.05, 0) is 73.2 Å². The Hall–Kier alpha value is -3.42. The zero-order valence-corrected chi connectivity index (χ0v) is 21.8. The molecule has 8 heteroatoms. The molecule has 37 heavy (non-hydrogen) atoms. The van der Waals surface area contributed by atoms with Crippen LogP contribution in [-0.4, -0.2) is 28.7 Å². The molecule has 1 atom stereocenters. The number of nitrogens with one attached hydrogen (secondary N) is 1. The number of benzene rings is 2. The molecule has 4 heterocycles. The number of nitrogens with zero attached hydrogens (tertiary/aromatic N) is 2. The SMILES string of the molecule is O=C(Nc1ccc2c(c1)OCCO2)N1Cc2c(sc3c2CCCC3)-n2cccc2[C@H]1c1cccc(Cl)c1. The van der Waals surface area contributed by atoms with E-state index in [9.17, 15) is 4.79 Å². The number of ether oxygens (including phenoxy) is 2. The van der Waals surface area contributed by atoms with Crippen LogP contribution in [0.5, 0.6) is 11.5 Å². The van der Waals surface area contributed by atoms with E-state index in [4.69, 9.17) is 21.1 Å². The van der Waals surface area contributed by atoms with E-state index in [-0.39, 0.29) is 12.1 Å². The molecule has 0 radical (unpaired) electrons. The number of urea groups is 1. The van der Waals surface area contributed by atoms with Gasteiger partial charge in [-0.3, -0.25) is 0 Å². The highest BCUT2D eigenvalue weighted by Crippen LogP contribution is 2.44. The summed E-state index contributed by atoms with van der Waals surface area (Å²) in [6, 6.07) is 17.1. The Morgan fingerprint density at radius 2 is 1.84 bits per heavy atom. The van der Waals surface area contributed by atoms with Crippen molar-refractivity contribution in [1.82, 2.24) is 9.47 Å². The van der Waals surface area contributed by atoms with Crippen molar-refractivity contribution < 1.29 is 14.3 Å². The summed E-state index contributed by atoms with van der Waals surface area (Å²) in [5.41, 5.74) is 5.39. The number of thiophene rings is 1. The molecule has 2 aliphatic heterocycles. The van der Waals surface area contributed by atoms with Crippen LogP contribution in [0.2, 0.25) is 5.02 Å². The predicted molar refractivity (Wildman–Crippen MR) is 146 cm³/mol. The molecule has 7 rings (SSSR count). The summed E-state index contributed by atoms with van der Waals surface area (Å²) in [5, 5.41) is 5.02. The van der Waals surface area contributed by atoms with Crippen molar-refractivity contribution in [3.8, 4) is 16.5 Å². The van der Waals surface area contributed by atoms with Crippen molar-refractivity contribution in [1.29, 1.82) is 0 Å². The molecular weight excluding hydrogens is 506 g/mol. The summed E-state index contributed by atoms with van der Waals surface area (Å²) < 4.78 is 13.7. The van der Waals surface area contributed by atoms with Gasteiger partial charge in [0.2, 0.25) is 0 Å². The number of rotatable bonds is 2. The average Bonchev–Trinajstić information content (AvgIpc) is 3.50. The van der Waals surface area contributed by atoms with E-state index in [1.165, 1.54) is 33.8 Å². The van der Waals surface area contributed by atoms with Crippen molar-refractivity contribution >= 4 is 34.7 Å². The van der Waals surface area contributed by atoms with Crippen LogP contribution in [0.4, 0.5) is 10.5 Å². The smallest absolute Gasteiger partial charge is 0.322 e. The number of amides is 2. The van der Waals surface area contributed by atoms with Crippen LogP contribution in [0.15, 0.2) is 60.8 Å². The molecule has 2 aromatic carbocycles. The number of fused-ring (bicyclic) bond motifs is 6. The van der Waals surface area contributed by atoms with Crippen LogP contribution in [0.1, 0.15) is 46.1 Å². The van der Waals surface area contributed by atoms with Gasteiger partial charge in [-0.1, -0.05) is 23.7 Å². The zero-order chi connectivity index (χ0) is 24.9. The van der Waals surface area contributed by atoms with Crippen LogP contribution >= 0.6 is 22.9 Å². The maximum atomic E-state index is 14.1. The first-order valence-corrected chi connectivity index (χ1v) is 13.9. The lowest BCUT2D eigenvalue weighted by Crippen LogP contribution is -2.38. The van der Waals surface area contributed by atoms with Crippen LogP contribution in [0.3, 0.4) is 0 Å². The summed E-state index contributed by atoms with van der Waals surface area (Å²) in [4.78, 5) is 17.5. The highest BCUT2D eigenvalue weighted by atomic mass is 35.5. The fourth-order valence-electron chi connectivity index (χ4n) is 5.73. The first-order valence-electron chi connectivity index (χ1n) is 12.7. The molecule has 0 saturated heterocycles. The number of anilines is 1. The number of carbonyl (C=O) groups excluding carboxylic acids is 1. The van der Waals surface area contributed by atoms with Gasteiger partial charge in [0.15, 0.2) is 11.5 Å². The molecule has 6 nitrogen and oxygen atoms in total. The van der Waals surface area contributed by atoms with Gasteiger partial charge in [0, 0.05) is 33.4 Å². The molecule has 188 valence electrons. The first kappa shape index (κ1) is 22.8. The Labute approximate surface area is 224 Å². The fraction of sp³-hybridized carbons (Fsp3) is 0.276. The maximum absolute atomic E-state index is 14.1. The summed E-state index contributed by atoms with van der Waals surface area (Å²) in [5.74, 6) is 1.34. The van der Waals surface area contributed by atoms with E-state index in [1.807, 2.05) is 58.7 Å². The van der Waals surface area contributed by atoms with Gasteiger partial charge in [-0.15, -0.1) is 11.3 Å². The monoisotopic (exact) mass is 531 g/mol. The van der Waals surface area contributed by atoms with Gasteiger partial charge in [-0.2, -0.15) is 0 Å². The van der Waals surface area contributed by atoms with Crippen molar-refractivity contribution in [3.63, 3.8) is 0 Å². The second-order valence-electron chi connectivity index (χ2n) is 9.67. The maximum Gasteiger partial charge on any atom is 0.322 e. The zero-order valence-electron chi connectivity index (χ0n) is 20.2. The molecule has 4 aromatic rings. The standard InChI is InChI=1S/C29H26ClN3O3S/c30-19-6-3-5-18(15-19)27-23-8-4-12-32(23)28-22(21-7-1-2-9-26(21)37-28)17-33(27)29(34)31-20-10-11-24-25(16-20)36-14-13-35-24/h3-6,8,10-12,15-16,27H,1-2,7,9,13-14,17H2,(H,31,34)/t27-/m1/s1. The quantitative estimate of drug-likeness (QED) is 0.303. The topological polar surface area (TPSA) is 55.7 Å². The summed E-state index contributed by atoms with van der Waals surface area (Å²) in [6.45, 7) is 1.55. The Bertz CT molecular complexity index is 1510. The molecule has 0 fully saturated rings. The average molecular weight is 532 g/mol. The Morgan fingerprint density at radius 3 is 2.73 bits per heavy atom. The summed E-state index contributed by atoms with van der Waals surface area (Å²) in [7, 11) is 0. The fourth-order valence-corrected chi connectivity index (χ4v) is 7.33. The molecule has 3 aliphatic rings. The third-order valence-electron chi connectivity index (χ3n) is 7.40. The lowest BCUT2D eigenvalue weighted by atomic mass is 9.95. The molecule has 1 N–H and O–H groups in total. The molecular formula is C29H26ClN3O3S. The Kier molecular flexibility index (Phi) is 5.63. The third-order valence-corrected chi connectivity index (χ3v) is 8.97. The van der Waals surface area contributed by atoms with Gasteiger partial charge in [0.25, 0.3) is 0 Å². The highest BCUT2D eigenvalue weighted by Gasteiger charge is 2.36.